The van der Waals surface area contributed by atoms with Crippen LogP contribution in [0.2, 0.25) is 0 Å². The van der Waals surface area contributed by atoms with Crippen LogP contribution in [0.1, 0.15) is 21.6 Å². The van der Waals surface area contributed by atoms with Gasteiger partial charge in [-0.2, -0.15) is 0 Å². The molecule has 0 aliphatic carbocycles. The molecule has 0 fully saturated rings. The Bertz CT molecular complexity index is 982. The number of amides is 1. The van der Waals surface area contributed by atoms with Gasteiger partial charge in [0.1, 0.15) is 0 Å². The minimum Gasteiger partial charge on any atom is -0.481 e. The smallest absolute Gasteiger partial charge is 0.251 e. The van der Waals surface area contributed by atoms with Crippen molar-refractivity contribution in [3.05, 3.63) is 65.5 Å². The first kappa shape index (κ1) is 15.3. The van der Waals surface area contributed by atoms with Gasteiger partial charge in [0.15, 0.2) is 0 Å². The Kier molecular flexibility index (Phi) is 3.69. The van der Waals surface area contributed by atoms with Gasteiger partial charge in [-0.15, -0.1) is 0 Å². The van der Waals surface area contributed by atoms with Gasteiger partial charge in [-0.25, -0.2) is 4.98 Å². The fourth-order valence-corrected chi connectivity index (χ4v) is 3.09. The Morgan fingerprint density at radius 1 is 1.04 bits per heavy atom. The molecular formula is C20H17N3O2. The van der Waals surface area contributed by atoms with Crippen LogP contribution in [0.5, 0.6) is 5.88 Å². The number of carbonyl (C=O) groups is 1. The molecule has 1 aliphatic rings. The highest BCUT2D eigenvalue weighted by Crippen LogP contribution is 2.29. The normalized spacial score (nSPS) is 12.6. The standard InChI is InChI=1S/C20H17N3O2/c1-12-16(13-3-4-15-11-22-20(24)17(15)9-13)5-6-18(23-12)14-7-8-21-19(10-14)25-2/h3-10H,11H2,1-2H3,(H,22,24). The van der Waals surface area contributed by atoms with Gasteiger partial charge in [0.05, 0.1) is 12.8 Å². The third kappa shape index (κ3) is 2.74. The third-order valence-corrected chi connectivity index (χ3v) is 4.43. The summed E-state index contributed by atoms with van der Waals surface area (Å²) in [5.74, 6) is 0.550. The van der Waals surface area contributed by atoms with E-state index in [-0.39, 0.29) is 5.91 Å². The molecule has 124 valence electrons. The zero-order valence-corrected chi connectivity index (χ0v) is 14.0. The second-order valence-corrected chi connectivity index (χ2v) is 5.97. The second-order valence-electron chi connectivity index (χ2n) is 5.97. The van der Waals surface area contributed by atoms with Crippen molar-refractivity contribution in [2.24, 2.45) is 0 Å². The molecule has 1 aliphatic heterocycles. The molecule has 2 aromatic heterocycles. The molecular weight excluding hydrogens is 314 g/mol. The maximum Gasteiger partial charge on any atom is 0.251 e. The fourth-order valence-electron chi connectivity index (χ4n) is 3.09. The van der Waals surface area contributed by atoms with E-state index in [0.29, 0.717) is 12.4 Å². The predicted molar refractivity (Wildman–Crippen MR) is 95.4 cm³/mol. The number of aromatic nitrogens is 2. The topological polar surface area (TPSA) is 64.1 Å². The van der Waals surface area contributed by atoms with Gasteiger partial charge in [-0.05, 0) is 36.2 Å². The lowest BCUT2D eigenvalue weighted by Gasteiger charge is -2.10. The van der Waals surface area contributed by atoms with Crippen molar-refractivity contribution in [2.45, 2.75) is 13.5 Å². The van der Waals surface area contributed by atoms with Gasteiger partial charge in [-0.3, -0.25) is 9.78 Å². The number of hydrogen-bond acceptors (Lipinski definition) is 4. The molecule has 25 heavy (non-hydrogen) atoms. The fraction of sp³-hybridized carbons (Fsp3) is 0.150. The summed E-state index contributed by atoms with van der Waals surface area (Å²) in [5.41, 5.74) is 6.54. The lowest BCUT2D eigenvalue weighted by Crippen LogP contribution is -2.12. The molecule has 0 atom stereocenters. The van der Waals surface area contributed by atoms with Crippen molar-refractivity contribution in [1.82, 2.24) is 15.3 Å². The number of pyridine rings is 2. The van der Waals surface area contributed by atoms with E-state index >= 15 is 0 Å². The van der Waals surface area contributed by atoms with E-state index in [4.69, 9.17) is 9.72 Å². The number of rotatable bonds is 3. The Morgan fingerprint density at radius 2 is 1.92 bits per heavy atom. The van der Waals surface area contributed by atoms with Crippen LogP contribution in [-0.4, -0.2) is 23.0 Å². The Morgan fingerprint density at radius 3 is 2.72 bits per heavy atom. The summed E-state index contributed by atoms with van der Waals surface area (Å²) >= 11 is 0. The summed E-state index contributed by atoms with van der Waals surface area (Å²) < 4.78 is 5.18. The average molecular weight is 331 g/mol. The molecule has 0 unspecified atom stereocenters. The summed E-state index contributed by atoms with van der Waals surface area (Å²) in [7, 11) is 1.60. The summed E-state index contributed by atoms with van der Waals surface area (Å²) in [5, 5.41) is 2.85. The summed E-state index contributed by atoms with van der Waals surface area (Å²) in [6.07, 6.45) is 1.71. The van der Waals surface area contributed by atoms with Crippen LogP contribution in [0, 0.1) is 6.92 Å². The van der Waals surface area contributed by atoms with Crippen molar-refractivity contribution >= 4 is 5.91 Å². The van der Waals surface area contributed by atoms with Crippen molar-refractivity contribution in [3.8, 4) is 28.3 Å². The van der Waals surface area contributed by atoms with E-state index < -0.39 is 0 Å². The van der Waals surface area contributed by atoms with E-state index in [9.17, 15) is 4.79 Å². The first-order chi connectivity index (χ1) is 12.2. The van der Waals surface area contributed by atoms with Crippen LogP contribution < -0.4 is 10.1 Å². The highest BCUT2D eigenvalue weighted by molar-refractivity contribution is 5.99. The molecule has 3 aromatic rings. The maximum absolute atomic E-state index is 11.9. The Balaban J connectivity index is 1.73. The molecule has 0 bridgehead atoms. The highest BCUT2D eigenvalue weighted by Gasteiger charge is 2.19. The number of aryl methyl sites for hydroxylation is 1. The minimum absolute atomic E-state index is 0.0111. The number of benzene rings is 1. The van der Waals surface area contributed by atoms with E-state index in [2.05, 4.69) is 10.3 Å². The van der Waals surface area contributed by atoms with Crippen LogP contribution in [0.3, 0.4) is 0 Å². The van der Waals surface area contributed by atoms with E-state index in [1.165, 1.54) is 0 Å². The largest absolute Gasteiger partial charge is 0.481 e. The zero-order chi connectivity index (χ0) is 17.4. The molecule has 0 saturated heterocycles. The summed E-state index contributed by atoms with van der Waals surface area (Å²) in [6.45, 7) is 2.58. The summed E-state index contributed by atoms with van der Waals surface area (Å²) in [4.78, 5) is 20.7. The molecule has 0 saturated carbocycles. The molecule has 1 aromatic carbocycles. The van der Waals surface area contributed by atoms with Gasteiger partial charge in [0.2, 0.25) is 5.88 Å². The van der Waals surface area contributed by atoms with Crippen LogP contribution in [0.25, 0.3) is 22.4 Å². The summed E-state index contributed by atoms with van der Waals surface area (Å²) in [6, 6.07) is 13.8. The lowest BCUT2D eigenvalue weighted by molar-refractivity contribution is 0.0966. The van der Waals surface area contributed by atoms with Crippen LogP contribution in [-0.2, 0) is 6.54 Å². The predicted octanol–water partition coefficient (Wildman–Crippen LogP) is 3.37. The lowest BCUT2D eigenvalue weighted by atomic mass is 9.98. The molecule has 3 heterocycles. The van der Waals surface area contributed by atoms with E-state index in [1.807, 2.05) is 49.4 Å². The molecule has 5 heteroatoms. The second kappa shape index (κ2) is 6.02. The number of carbonyl (C=O) groups excluding carboxylic acids is 1. The van der Waals surface area contributed by atoms with Crippen LogP contribution >= 0.6 is 0 Å². The maximum atomic E-state index is 11.9. The number of ether oxygens (including phenoxy) is 1. The Labute approximate surface area is 145 Å². The minimum atomic E-state index is -0.0111. The van der Waals surface area contributed by atoms with Gasteiger partial charge in [0.25, 0.3) is 5.91 Å². The van der Waals surface area contributed by atoms with Gasteiger partial charge in [-0.1, -0.05) is 18.2 Å². The van der Waals surface area contributed by atoms with Gasteiger partial charge >= 0.3 is 0 Å². The number of hydrogen-bond donors (Lipinski definition) is 1. The van der Waals surface area contributed by atoms with E-state index in [1.54, 1.807) is 13.3 Å². The monoisotopic (exact) mass is 331 g/mol. The van der Waals surface area contributed by atoms with Crippen molar-refractivity contribution in [2.75, 3.05) is 7.11 Å². The molecule has 1 N–H and O–H groups in total. The molecule has 4 rings (SSSR count). The number of nitrogens with zero attached hydrogens (tertiary/aromatic N) is 2. The van der Waals surface area contributed by atoms with Crippen molar-refractivity contribution in [1.29, 1.82) is 0 Å². The Hall–Kier alpha value is -3.21. The SMILES string of the molecule is COc1cc(-c2ccc(-c3ccc4c(c3)C(=O)NC4)c(C)n2)ccn1. The molecule has 0 spiro atoms. The van der Waals surface area contributed by atoms with Crippen LogP contribution in [0.15, 0.2) is 48.7 Å². The average Bonchev–Trinajstić information content (AvgIpc) is 3.02. The van der Waals surface area contributed by atoms with Gasteiger partial charge in [0, 0.05) is 41.2 Å². The van der Waals surface area contributed by atoms with Crippen molar-refractivity contribution < 1.29 is 9.53 Å². The first-order valence-electron chi connectivity index (χ1n) is 8.05. The molecule has 5 nitrogen and oxygen atoms in total. The molecule has 0 radical (unpaired) electrons. The van der Waals surface area contributed by atoms with E-state index in [0.717, 1.165) is 39.2 Å². The quantitative estimate of drug-likeness (QED) is 0.799. The van der Waals surface area contributed by atoms with Gasteiger partial charge < -0.3 is 10.1 Å². The van der Waals surface area contributed by atoms with Crippen molar-refractivity contribution in [3.63, 3.8) is 0 Å². The number of methoxy groups -OCH3 is 1. The first-order valence-corrected chi connectivity index (χ1v) is 8.05. The number of nitrogens with one attached hydrogen (secondary N) is 1. The third-order valence-electron chi connectivity index (χ3n) is 4.43. The zero-order valence-electron chi connectivity index (χ0n) is 14.0. The number of fused-ring (bicyclic) bond motifs is 1. The highest BCUT2D eigenvalue weighted by atomic mass is 16.5. The van der Waals surface area contributed by atoms with Crippen LogP contribution in [0.4, 0.5) is 0 Å². The molecule has 1 amide bonds.